The average molecular weight is 615 g/mol. The Morgan fingerprint density at radius 3 is 2.37 bits per heavy atom. The quantitative estimate of drug-likeness (QED) is 0.194. The maximum Gasteiger partial charge on any atom is 0.00620 e. The zero-order valence-corrected chi connectivity index (χ0v) is 30.6. The van der Waals surface area contributed by atoms with E-state index in [4.69, 9.17) is 0 Å². The first-order valence-electron chi connectivity index (χ1n) is 18.3. The molecule has 6 unspecified atom stereocenters. The van der Waals surface area contributed by atoms with E-state index in [0.29, 0.717) is 23.7 Å². The zero-order valence-electron chi connectivity index (χ0n) is 30.6. The maximum atomic E-state index is 2.55. The van der Waals surface area contributed by atoms with Crippen molar-refractivity contribution in [1.82, 2.24) is 0 Å². The van der Waals surface area contributed by atoms with Crippen LogP contribution in [0.2, 0.25) is 0 Å². The predicted octanol–water partition coefficient (Wildman–Crippen LogP) is 13.9. The molecular formula is C46H62. The van der Waals surface area contributed by atoms with Crippen LogP contribution >= 0.6 is 0 Å². The van der Waals surface area contributed by atoms with Crippen LogP contribution in [0.5, 0.6) is 0 Å². The third kappa shape index (κ3) is 9.47. The number of rotatable bonds is 13. The van der Waals surface area contributed by atoms with Gasteiger partial charge in [-0.05, 0) is 143 Å². The normalized spacial score (nSPS) is 26.5. The van der Waals surface area contributed by atoms with Crippen LogP contribution in [-0.2, 0) is 0 Å². The highest BCUT2D eigenvalue weighted by Gasteiger charge is 2.34. The van der Waals surface area contributed by atoms with Gasteiger partial charge in [0.15, 0.2) is 0 Å². The second-order valence-electron chi connectivity index (χ2n) is 14.6. The molecule has 1 aromatic carbocycles. The predicted molar refractivity (Wildman–Crippen MR) is 204 cm³/mol. The molecule has 0 amide bonds. The van der Waals surface area contributed by atoms with Crippen molar-refractivity contribution in [2.75, 3.05) is 0 Å². The van der Waals surface area contributed by atoms with Gasteiger partial charge in [-0.25, -0.2) is 0 Å². The lowest BCUT2D eigenvalue weighted by atomic mass is 9.77. The van der Waals surface area contributed by atoms with Gasteiger partial charge in [0.2, 0.25) is 0 Å². The van der Waals surface area contributed by atoms with Gasteiger partial charge in [0.25, 0.3) is 0 Å². The first-order chi connectivity index (χ1) is 22.2. The molecule has 6 atom stereocenters. The van der Waals surface area contributed by atoms with Gasteiger partial charge in [0.05, 0.1) is 0 Å². The Hall–Kier alpha value is -3.12. The molecule has 0 aliphatic heterocycles. The van der Waals surface area contributed by atoms with E-state index in [1.165, 1.54) is 59.1 Å². The molecule has 0 spiro atoms. The van der Waals surface area contributed by atoms with Gasteiger partial charge in [-0.1, -0.05) is 136 Å². The van der Waals surface area contributed by atoms with Crippen molar-refractivity contribution >= 4 is 0 Å². The molecule has 1 saturated carbocycles. The zero-order chi connectivity index (χ0) is 33.2. The summed E-state index contributed by atoms with van der Waals surface area (Å²) in [4.78, 5) is 0. The molecule has 0 bridgehead atoms. The van der Waals surface area contributed by atoms with Crippen molar-refractivity contribution < 1.29 is 0 Å². The Balaban J connectivity index is 1.60. The van der Waals surface area contributed by atoms with E-state index in [9.17, 15) is 0 Å². The summed E-state index contributed by atoms with van der Waals surface area (Å²) in [7, 11) is 0. The van der Waals surface area contributed by atoms with E-state index in [0.717, 1.165) is 31.1 Å². The van der Waals surface area contributed by atoms with E-state index in [2.05, 4.69) is 153 Å². The highest BCUT2D eigenvalue weighted by atomic mass is 14.4. The Morgan fingerprint density at radius 1 is 0.978 bits per heavy atom. The third-order valence-electron chi connectivity index (χ3n) is 10.9. The number of hydrogen-bond donors (Lipinski definition) is 0. The molecular weight excluding hydrogens is 553 g/mol. The van der Waals surface area contributed by atoms with Gasteiger partial charge in [-0.15, -0.1) is 0 Å². The molecule has 1 aromatic rings. The first kappa shape index (κ1) is 35.7. The van der Waals surface area contributed by atoms with Crippen LogP contribution in [0.3, 0.4) is 0 Å². The van der Waals surface area contributed by atoms with Crippen molar-refractivity contribution in [2.45, 2.75) is 119 Å². The van der Waals surface area contributed by atoms with E-state index in [1.807, 2.05) is 0 Å². The highest BCUT2D eigenvalue weighted by molar-refractivity contribution is 5.50. The van der Waals surface area contributed by atoms with Crippen LogP contribution in [0.15, 0.2) is 130 Å². The van der Waals surface area contributed by atoms with E-state index < -0.39 is 0 Å². The summed E-state index contributed by atoms with van der Waals surface area (Å²) in [6.07, 6.45) is 34.1. The van der Waals surface area contributed by atoms with Crippen molar-refractivity contribution in [3.8, 4) is 0 Å². The van der Waals surface area contributed by atoms with E-state index in [-0.39, 0.29) is 0 Å². The Bertz CT molecular complexity index is 1470. The number of benzene rings is 1. The number of allylic oxidation sites excluding steroid dienone is 18. The van der Waals surface area contributed by atoms with Crippen molar-refractivity contribution in [3.05, 3.63) is 141 Å². The fourth-order valence-corrected chi connectivity index (χ4v) is 7.60. The lowest BCUT2D eigenvalue weighted by Crippen LogP contribution is -2.11. The average Bonchev–Trinajstić information content (AvgIpc) is 3.81. The first-order valence-corrected chi connectivity index (χ1v) is 18.3. The van der Waals surface area contributed by atoms with Crippen molar-refractivity contribution in [1.29, 1.82) is 0 Å². The second-order valence-corrected chi connectivity index (χ2v) is 14.6. The summed E-state index contributed by atoms with van der Waals surface area (Å²) in [6.45, 7) is 20.7. The van der Waals surface area contributed by atoms with E-state index in [1.54, 1.807) is 16.7 Å². The number of hydrogen-bond acceptors (Lipinski definition) is 0. The smallest absolute Gasteiger partial charge is 0.00620 e. The molecule has 1 fully saturated rings. The van der Waals surface area contributed by atoms with Crippen LogP contribution in [0.1, 0.15) is 130 Å². The largest absolute Gasteiger partial charge is 0.0877 e. The van der Waals surface area contributed by atoms with Gasteiger partial charge in [0, 0.05) is 5.92 Å². The minimum atomic E-state index is 0.444. The molecule has 0 nitrogen and oxygen atoms in total. The van der Waals surface area contributed by atoms with Crippen LogP contribution < -0.4 is 0 Å². The molecule has 246 valence electrons. The lowest BCUT2D eigenvalue weighted by molar-refractivity contribution is 0.491. The summed E-state index contributed by atoms with van der Waals surface area (Å²) in [5.74, 6) is 3.74. The molecule has 0 aromatic heterocycles. The van der Waals surface area contributed by atoms with Gasteiger partial charge >= 0.3 is 0 Å². The molecule has 0 heterocycles. The monoisotopic (exact) mass is 614 g/mol. The molecule has 0 heteroatoms. The van der Waals surface area contributed by atoms with Crippen LogP contribution in [-0.4, -0.2) is 0 Å². The highest BCUT2D eigenvalue weighted by Crippen LogP contribution is 2.48. The van der Waals surface area contributed by atoms with Crippen LogP contribution in [0.4, 0.5) is 0 Å². The Labute approximate surface area is 283 Å². The Kier molecular flexibility index (Phi) is 13.3. The summed E-state index contributed by atoms with van der Waals surface area (Å²) < 4.78 is 0. The fraction of sp³-hybridized carbons (Fsp3) is 0.478. The van der Waals surface area contributed by atoms with Crippen LogP contribution in [0.25, 0.3) is 0 Å². The molecule has 0 radical (unpaired) electrons. The topological polar surface area (TPSA) is 0 Å². The summed E-state index contributed by atoms with van der Waals surface area (Å²) in [5.41, 5.74) is 13.4. The Morgan fingerprint density at radius 2 is 1.74 bits per heavy atom. The van der Waals surface area contributed by atoms with Gasteiger partial charge in [-0.3, -0.25) is 0 Å². The third-order valence-corrected chi connectivity index (χ3v) is 10.9. The van der Waals surface area contributed by atoms with Gasteiger partial charge < -0.3 is 0 Å². The summed E-state index contributed by atoms with van der Waals surface area (Å²) in [6, 6.07) is 9.54. The van der Waals surface area contributed by atoms with Crippen molar-refractivity contribution in [3.63, 3.8) is 0 Å². The molecule has 0 saturated heterocycles. The fourth-order valence-electron chi connectivity index (χ4n) is 7.60. The standard InChI is InChI=1S/C46H62/c1-10-13-14-16-39(12-3)46(32(4)5)34(7)20-26-40-27-28-42(41-17-15-18-43(30-41)44-29-35(44)8)31-45(40)36(9)33(6)19-21-38-24-22-37(11-2)23-25-38/h10,12-18,22-24,26-28,30,33-35,38,42,44H,11,19-21,25,29,31H2,1-9H3. The van der Waals surface area contributed by atoms with Gasteiger partial charge in [0.1, 0.15) is 0 Å². The molecule has 3 aliphatic carbocycles. The summed E-state index contributed by atoms with van der Waals surface area (Å²) >= 11 is 0. The van der Waals surface area contributed by atoms with Gasteiger partial charge in [-0.2, -0.15) is 0 Å². The molecule has 46 heavy (non-hydrogen) atoms. The minimum absolute atomic E-state index is 0.444. The minimum Gasteiger partial charge on any atom is -0.0877 e. The van der Waals surface area contributed by atoms with E-state index >= 15 is 0 Å². The lowest BCUT2D eigenvalue weighted by Gasteiger charge is -2.28. The molecule has 0 N–H and O–H groups in total. The molecule has 3 aliphatic rings. The summed E-state index contributed by atoms with van der Waals surface area (Å²) in [5, 5.41) is 0. The SMILES string of the molecule is CC=CC=CC(=CC)C(=C(C)C)C(C)CC=C1C=CC(c2cccc(C3CC3C)c2)CC1=C(C)C(C)CCC1C=CC(CC)=CC1. The maximum absolute atomic E-state index is 2.55. The molecule has 4 rings (SSSR count). The second kappa shape index (κ2) is 17.2. The van der Waals surface area contributed by atoms with Crippen LogP contribution in [0, 0.1) is 23.7 Å². The van der Waals surface area contributed by atoms with Crippen molar-refractivity contribution in [2.24, 2.45) is 23.7 Å².